The average Bonchev–Trinajstić information content (AvgIpc) is 2.43. The van der Waals surface area contributed by atoms with Gasteiger partial charge in [-0.15, -0.1) is 0 Å². The number of benzene rings is 2. The van der Waals surface area contributed by atoms with Gasteiger partial charge in [0.25, 0.3) is 0 Å². The van der Waals surface area contributed by atoms with Crippen LogP contribution < -0.4 is 5.32 Å². The van der Waals surface area contributed by atoms with E-state index in [4.69, 9.17) is 0 Å². The van der Waals surface area contributed by atoms with Crippen LogP contribution in [0.25, 0.3) is 0 Å². The lowest BCUT2D eigenvalue weighted by Crippen LogP contribution is -2.01. The Morgan fingerprint density at radius 1 is 1.05 bits per heavy atom. The molecule has 108 valence electrons. The van der Waals surface area contributed by atoms with Gasteiger partial charge in [-0.05, 0) is 68.3 Å². The van der Waals surface area contributed by atoms with Crippen molar-refractivity contribution in [3.8, 4) is 0 Å². The van der Waals surface area contributed by atoms with E-state index in [-0.39, 0.29) is 5.78 Å². The average molecular weight is 344 g/mol. The Hall–Kier alpha value is -1.87. The fourth-order valence-electron chi connectivity index (χ4n) is 1.98. The lowest BCUT2D eigenvalue weighted by molar-refractivity contribution is 0.104. The minimum absolute atomic E-state index is 0.00339. The zero-order valence-corrected chi connectivity index (χ0v) is 14.0. The number of carbonyl (C=O) groups is 1. The molecule has 0 spiro atoms. The van der Waals surface area contributed by atoms with E-state index < -0.39 is 0 Å². The first kappa shape index (κ1) is 15.5. The molecular weight excluding hydrogens is 326 g/mol. The van der Waals surface area contributed by atoms with Crippen molar-refractivity contribution in [1.29, 1.82) is 0 Å². The van der Waals surface area contributed by atoms with Crippen molar-refractivity contribution in [3.63, 3.8) is 0 Å². The van der Waals surface area contributed by atoms with E-state index in [0.29, 0.717) is 5.56 Å². The van der Waals surface area contributed by atoms with Crippen LogP contribution in [-0.2, 0) is 0 Å². The highest BCUT2D eigenvalue weighted by molar-refractivity contribution is 9.10. The van der Waals surface area contributed by atoms with Gasteiger partial charge in [0.15, 0.2) is 5.78 Å². The third-order valence-corrected chi connectivity index (χ3v) is 3.85. The molecule has 0 heterocycles. The van der Waals surface area contributed by atoms with Crippen LogP contribution >= 0.6 is 15.9 Å². The lowest BCUT2D eigenvalue weighted by Gasteiger charge is -2.09. The summed E-state index contributed by atoms with van der Waals surface area (Å²) in [5.74, 6) is -0.00339. The van der Waals surface area contributed by atoms with Gasteiger partial charge in [-0.1, -0.05) is 22.0 Å². The zero-order valence-electron chi connectivity index (χ0n) is 12.4. The minimum Gasteiger partial charge on any atom is -0.359 e. The molecule has 0 radical (unpaired) electrons. The number of anilines is 1. The summed E-state index contributed by atoms with van der Waals surface area (Å²) < 4.78 is 0.966. The van der Waals surface area contributed by atoms with Crippen molar-refractivity contribution >= 4 is 27.4 Å². The van der Waals surface area contributed by atoms with Crippen molar-refractivity contribution in [3.05, 3.63) is 75.4 Å². The molecule has 0 unspecified atom stereocenters. The predicted octanol–water partition coefficient (Wildman–Crippen LogP) is 5.26. The first-order valence-corrected chi connectivity index (χ1v) is 7.57. The highest BCUT2D eigenvalue weighted by atomic mass is 79.9. The molecule has 0 bridgehead atoms. The Bertz CT molecular complexity index is 687. The van der Waals surface area contributed by atoms with E-state index in [1.165, 1.54) is 11.1 Å². The number of ketones is 1. The fourth-order valence-corrected chi connectivity index (χ4v) is 2.24. The molecule has 2 aromatic carbocycles. The largest absolute Gasteiger partial charge is 0.359 e. The minimum atomic E-state index is -0.00339. The Kier molecular flexibility index (Phi) is 4.97. The zero-order chi connectivity index (χ0) is 15.4. The van der Waals surface area contributed by atoms with Gasteiger partial charge in [0.2, 0.25) is 0 Å². The molecule has 2 rings (SSSR count). The molecule has 0 saturated carbocycles. The van der Waals surface area contributed by atoms with Gasteiger partial charge < -0.3 is 5.32 Å². The van der Waals surface area contributed by atoms with Gasteiger partial charge in [-0.3, -0.25) is 4.79 Å². The van der Waals surface area contributed by atoms with Crippen LogP contribution in [0.15, 0.2) is 58.7 Å². The Morgan fingerprint density at radius 2 is 1.71 bits per heavy atom. The van der Waals surface area contributed by atoms with Gasteiger partial charge >= 0.3 is 0 Å². The molecule has 0 saturated heterocycles. The molecule has 3 heteroatoms. The summed E-state index contributed by atoms with van der Waals surface area (Å²) in [6.07, 6.45) is 1.62. The van der Waals surface area contributed by atoms with Crippen LogP contribution in [0.3, 0.4) is 0 Å². The maximum absolute atomic E-state index is 12.1. The summed E-state index contributed by atoms with van der Waals surface area (Å²) in [7, 11) is 0. The summed E-state index contributed by atoms with van der Waals surface area (Å²) >= 11 is 3.36. The summed E-state index contributed by atoms with van der Waals surface area (Å²) in [5.41, 5.74) is 4.99. The molecule has 0 aliphatic rings. The normalized spacial score (nSPS) is 11.3. The molecule has 2 aromatic rings. The number of carbonyl (C=O) groups excluding carboxylic acids is 1. The number of rotatable bonds is 4. The smallest absolute Gasteiger partial charge is 0.187 e. The summed E-state index contributed by atoms with van der Waals surface area (Å²) in [6.45, 7) is 6.05. The molecule has 0 aliphatic carbocycles. The van der Waals surface area contributed by atoms with Crippen molar-refractivity contribution in [2.75, 3.05) is 5.32 Å². The molecule has 0 amide bonds. The number of aryl methyl sites for hydroxylation is 2. The molecule has 0 aromatic heterocycles. The van der Waals surface area contributed by atoms with Crippen LogP contribution in [0.1, 0.15) is 28.4 Å². The second-order valence-electron chi connectivity index (χ2n) is 5.12. The van der Waals surface area contributed by atoms with E-state index in [1.807, 2.05) is 37.3 Å². The van der Waals surface area contributed by atoms with Gasteiger partial charge in [0.05, 0.1) is 0 Å². The maximum Gasteiger partial charge on any atom is 0.187 e. The van der Waals surface area contributed by atoms with E-state index in [2.05, 4.69) is 47.2 Å². The Balaban J connectivity index is 2.11. The fraction of sp³-hybridized carbons (Fsp3) is 0.167. The number of halogens is 1. The van der Waals surface area contributed by atoms with Crippen molar-refractivity contribution in [2.45, 2.75) is 20.8 Å². The SMILES string of the molecule is C/C(=C\C(=O)c1ccc(Br)cc1)Nc1ccc(C)c(C)c1. The number of hydrogen-bond donors (Lipinski definition) is 1. The first-order valence-electron chi connectivity index (χ1n) is 6.78. The van der Waals surface area contributed by atoms with Crippen LogP contribution in [-0.4, -0.2) is 5.78 Å². The van der Waals surface area contributed by atoms with E-state index in [0.717, 1.165) is 15.9 Å². The van der Waals surface area contributed by atoms with Crippen LogP contribution in [0, 0.1) is 13.8 Å². The third-order valence-electron chi connectivity index (χ3n) is 3.32. The molecule has 2 nitrogen and oxygen atoms in total. The standard InChI is InChI=1S/C18H18BrNO/c1-12-4-9-17(10-13(12)2)20-14(3)11-18(21)15-5-7-16(19)8-6-15/h4-11,20H,1-3H3/b14-11+. The lowest BCUT2D eigenvalue weighted by atomic mass is 10.1. The Morgan fingerprint density at radius 3 is 2.33 bits per heavy atom. The molecule has 1 N–H and O–H groups in total. The van der Waals surface area contributed by atoms with Crippen molar-refractivity contribution in [2.24, 2.45) is 0 Å². The first-order chi connectivity index (χ1) is 9.95. The summed E-state index contributed by atoms with van der Waals surface area (Å²) in [4.78, 5) is 12.1. The van der Waals surface area contributed by atoms with Crippen molar-refractivity contribution in [1.82, 2.24) is 0 Å². The van der Waals surface area contributed by atoms with Gasteiger partial charge in [0, 0.05) is 27.5 Å². The molecule has 0 aliphatic heterocycles. The van der Waals surface area contributed by atoms with E-state index in [9.17, 15) is 4.79 Å². The van der Waals surface area contributed by atoms with Crippen molar-refractivity contribution < 1.29 is 4.79 Å². The maximum atomic E-state index is 12.1. The molecule has 0 fully saturated rings. The predicted molar refractivity (Wildman–Crippen MR) is 91.8 cm³/mol. The number of nitrogens with one attached hydrogen (secondary N) is 1. The molecule has 21 heavy (non-hydrogen) atoms. The molecule has 0 atom stereocenters. The van der Waals surface area contributed by atoms with E-state index >= 15 is 0 Å². The highest BCUT2D eigenvalue weighted by Crippen LogP contribution is 2.16. The Labute approximate surface area is 134 Å². The molecular formula is C18H18BrNO. The van der Waals surface area contributed by atoms with Gasteiger partial charge in [0.1, 0.15) is 0 Å². The van der Waals surface area contributed by atoms with Crippen LogP contribution in [0.5, 0.6) is 0 Å². The number of hydrogen-bond acceptors (Lipinski definition) is 2. The topological polar surface area (TPSA) is 29.1 Å². The third kappa shape index (κ3) is 4.30. The quantitative estimate of drug-likeness (QED) is 0.605. The van der Waals surface area contributed by atoms with Gasteiger partial charge in [-0.25, -0.2) is 0 Å². The van der Waals surface area contributed by atoms with Crippen LogP contribution in [0.2, 0.25) is 0 Å². The summed E-state index contributed by atoms with van der Waals surface area (Å²) in [6, 6.07) is 13.5. The summed E-state index contributed by atoms with van der Waals surface area (Å²) in [5, 5.41) is 3.25. The van der Waals surface area contributed by atoms with Gasteiger partial charge in [-0.2, -0.15) is 0 Å². The highest BCUT2D eigenvalue weighted by Gasteiger charge is 2.03. The van der Waals surface area contributed by atoms with E-state index in [1.54, 1.807) is 6.08 Å². The number of allylic oxidation sites excluding steroid dienone is 2. The van der Waals surface area contributed by atoms with Crippen LogP contribution in [0.4, 0.5) is 5.69 Å². The second-order valence-corrected chi connectivity index (χ2v) is 6.04. The second kappa shape index (κ2) is 6.72. The monoisotopic (exact) mass is 343 g/mol.